The number of anilines is 1. The van der Waals surface area contributed by atoms with Gasteiger partial charge in [0.15, 0.2) is 0 Å². The van der Waals surface area contributed by atoms with Crippen molar-refractivity contribution in [2.75, 3.05) is 19.3 Å². The smallest absolute Gasteiger partial charge is 0.270 e. The Morgan fingerprint density at radius 3 is 2.72 bits per heavy atom. The van der Waals surface area contributed by atoms with E-state index < -0.39 is 5.91 Å². The fraction of sp³-hybridized carbons (Fsp3) is 0.167. The van der Waals surface area contributed by atoms with Gasteiger partial charge >= 0.3 is 0 Å². The number of nitrogens with zero attached hydrogens (tertiary/aromatic N) is 1. The fourth-order valence-corrected chi connectivity index (χ4v) is 1.78. The third-order valence-electron chi connectivity index (χ3n) is 2.61. The van der Waals surface area contributed by atoms with E-state index in [-0.39, 0.29) is 12.5 Å². The lowest BCUT2D eigenvalue weighted by molar-refractivity contribution is -0.118. The summed E-state index contributed by atoms with van der Waals surface area (Å²) < 4.78 is 0. The second-order valence-electron chi connectivity index (χ2n) is 4.16. The molecule has 1 aromatic heterocycles. The number of nitrogens with one attached hydrogen (secondary N) is 1. The maximum absolute atomic E-state index is 12.0. The molecule has 0 spiro atoms. The number of hydrogen-bond acceptors (Lipinski definition) is 3. The van der Waals surface area contributed by atoms with Crippen molar-refractivity contribution < 1.29 is 9.59 Å². The van der Waals surface area contributed by atoms with Gasteiger partial charge in [0.2, 0.25) is 5.91 Å². The second kappa shape index (κ2) is 4.40. The molecule has 0 aliphatic rings. The van der Waals surface area contributed by atoms with Crippen LogP contribution in [0.15, 0.2) is 24.3 Å². The Balaban J connectivity index is 2.30. The molecule has 0 bridgehead atoms. The molecule has 5 N–H and O–H groups in total. The molecule has 94 valence electrons. The zero-order valence-corrected chi connectivity index (χ0v) is 9.93. The van der Waals surface area contributed by atoms with Crippen LogP contribution in [0.3, 0.4) is 0 Å². The molecular formula is C12H14N4O2. The van der Waals surface area contributed by atoms with E-state index >= 15 is 0 Å². The first kappa shape index (κ1) is 12.0. The van der Waals surface area contributed by atoms with Crippen LogP contribution in [-0.2, 0) is 4.79 Å². The number of hydrogen-bond donors (Lipinski definition) is 3. The van der Waals surface area contributed by atoms with Gasteiger partial charge in [-0.2, -0.15) is 0 Å². The van der Waals surface area contributed by atoms with E-state index in [4.69, 9.17) is 11.5 Å². The topological polar surface area (TPSA) is 105 Å². The summed E-state index contributed by atoms with van der Waals surface area (Å²) in [6.45, 7) is -0.115. The van der Waals surface area contributed by atoms with Gasteiger partial charge in [0, 0.05) is 23.6 Å². The van der Waals surface area contributed by atoms with Gasteiger partial charge in [-0.3, -0.25) is 9.59 Å². The number of aromatic nitrogens is 1. The van der Waals surface area contributed by atoms with Crippen LogP contribution in [0.2, 0.25) is 0 Å². The van der Waals surface area contributed by atoms with Crippen molar-refractivity contribution in [2.24, 2.45) is 5.73 Å². The number of nitrogens with two attached hydrogens (primary N) is 2. The Morgan fingerprint density at radius 2 is 2.06 bits per heavy atom. The number of H-pyrrole nitrogens is 1. The van der Waals surface area contributed by atoms with Gasteiger partial charge in [0.25, 0.3) is 5.91 Å². The van der Waals surface area contributed by atoms with Crippen molar-refractivity contribution >= 4 is 28.4 Å². The summed E-state index contributed by atoms with van der Waals surface area (Å²) in [4.78, 5) is 27.0. The van der Waals surface area contributed by atoms with E-state index in [1.807, 2.05) is 0 Å². The average molecular weight is 246 g/mol. The van der Waals surface area contributed by atoms with Gasteiger partial charge < -0.3 is 21.4 Å². The van der Waals surface area contributed by atoms with Crippen LogP contribution in [0.4, 0.5) is 5.69 Å². The van der Waals surface area contributed by atoms with Gasteiger partial charge in [-0.05, 0) is 24.3 Å². The van der Waals surface area contributed by atoms with E-state index in [2.05, 4.69) is 4.98 Å². The first-order valence-electron chi connectivity index (χ1n) is 5.39. The number of rotatable bonds is 3. The van der Waals surface area contributed by atoms with Crippen LogP contribution in [0.5, 0.6) is 0 Å². The third-order valence-corrected chi connectivity index (χ3v) is 2.61. The summed E-state index contributed by atoms with van der Waals surface area (Å²) in [5, 5.41) is 0.853. The number of benzene rings is 1. The molecule has 6 heteroatoms. The lowest BCUT2D eigenvalue weighted by Gasteiger charge is -2.13. The average Bonchev–Trinajstić information content (AvgIpc) is 2.69. The number of amides is 2. The molecule has 0 aliphatic heterocycles. The van der Waals surface area contributed by atoms with Crippen LogP contribution in [0, 0.1) is 0 Å². The molecule has 1 aromatic carbocycles. The molecule has 6 nitrogen and oxygen atoms in total. The number of carbonyl (C=O) groups is 2. The molecule has 2 aromatic rings. The minimum atomic E-state index is -0.550. The number of aromatic amines is 1. The Hall–Kier alpha value is -2.50. The van der Waals surface area contributed by atoms with E-state index in [1.165, 1.54) is 11.9 Å². The predicted octanol–water partition coefficient (Wildman–Crippen LogP) is 0.307. The third kappa shape index (κ3) is 2.27. The first-order valence-corrected chi connectivity index (χ1v) is 5.39. The standard InChI is InChI=1S/C12H14N4O2/c1-16(6-11(14)17)12(18)10-5-7-4-8(13)2-3-9(7)15-10/h2-5,15H,6,13H2,1H3,(H2,14,17). The highest BCUT2D eigenvalue weighted by Crippen LogP contribution is 2.19. The Kier molecular flexibility index (Phi) is 2.93. The molecule has 0 saturated carbocycles. The van der Waals surface area contributed by atoms with Crippen molar-refractivity contribution in [2.45, 2.75) is 0 Å². The Bertz CT molecular complexity index is 618. The van der Waals surface area contributed by atoms with Crippen LogP contribution in [0.1, 0.15) is 10.5 Å². The molecule has 0 aliphatic carbocycles. The van der Waals surface area contributed by atoms with Crippen molar-refractivity contribution in [1.29, 1.82) is 0 Å². The summed E-state index contributed by atoms with van der Waals surface area (Å²) >= 11 is 0. The molecule has 0 saturated heterocycles. The van der Waals surface area contributed by atoms with Crippen molar-refractivity contribution in [3.63, 3.8) is 0 Å². The van der Waals surface area contributed by atoms with Crippen LogP contribution in [-0.4, -0.2) is 35.3 Å². The molecule has 18 heavy (non-hydrogen) atoms. The predicted molar refractivity (Wildman–Crippen MR) is 68.9 cm³/mol. The number of primary amides is 1. The fourth-order valence-electron chi connectivity index (χ4n) is 1.78. The molecule has 2 amide bonds. The van der Waals surface area contributed by atoms with Crippen LogP contribution < -0.4 is 11.5 Å². The van der Waals surface area contributed by atoms with Gasteiger partial charge in [0.1, 0.15) is 5.69 Å². The second-order valence-corrected chi connectivity index (χ2v) is 4.16. The quantitative estimate of drug-likeness (QED) is 0.678. The Morgan fingerprint density at radius 1 is 1.33 bits per heavy atom. The zero-order valence-electron chi connectivity index (χ0n) is 9.93. The summed E-state index contributed by atoms with van der Waals surface area (Å²) in [5.41, 5.74) is 12.6. The molecule has 0 fully saturated rings. The Labute approximate surface area is 104 Å². The van der Waals surface area contributed by atoms with Gasteiger partial charge in [0.05, 0.1) is 6.54 Å². The van der Waals surface area contributed by atoms with Crippen molar-refractivity contribution in [1.82, 2.24) is 9.88 Å². The minimum absolute atomic E-state index is 0.115. The molecule has 2 rings (SSSR count). The molecule has 0 unspecified atom stereocenters. The first-order chi connectivity index (χ1) is 8.47. The summed E-state index contributed by atoms with van der Waals surface area (Å²) in [7, 11) is 1.52. The highest BCUT2D eigenvalue weighted by molar-refractivity contribution is 5.99. The van der Waals surface area contributed by atoms with E-state index in [0.717, 1.165) is 10.9 Å². The summed E-state index contributed by atoms with van der Waals surface area (Å²) in [6, 6.07) is 7.03. The number of carbonyl (C=O) groups excluding carboxylic acids is 2. The lowest BCUT2D eigenvalue weighted by atomic mass is 10.2. The van der Waals surface area contributed by atoms with E-state index in [9.17, 15) is 9.59 Å². The number of likely N-dealkylation sites (N-methyl/N-ethyl adjacent to an activating group) is 1. The van der Waals surface area contributed by atoms with Gasteiger partial charge in [-0.15, -0.1) is 0 Å². The van der Waals surface area contributed by atoms with Gasteiger partial charge in [-0.1, -0.05) is 0 Å². The van der Waals surface area contributed by atoms with Crippen LogP contribution >= 0.6 is 0 Å². The number of nitrogen functional groups attached to an aromatic ring is 1. The highest BCUT2D eigenvalue weighted by atomic mass is 16.2. The summed E-state index contributed by atoms with van der Waals surface area (Å²) in [6.07, 6.45) is 0. The van der Waals surface area contributed by atoms with Crippen molar-refractivity contribution in [3.05, 3.63) is 30.0 Å². The maximum Gasteiger partial charge on any atom is 0.270 e. The zero-order chi connectivity index (χ0) is 13.3. The monoisotopic (exact) mass is 246 g/mol. The minimum Gasteiger partial charge on any atom is -0.399 e. The van der Waals surface area contributed by atoms with Crippen molar-refractivity contribution in [3.8, 4) is 0 Å². The number of fused-ring (bicyclic) bond motifs is 1. The molecule has 0 atom stereocenters. The van der Waals surface area contributed by atoms with E-state index in [1.54, 1.807) is 24.3 Å². The summed E-state index contributed by atoms with van der Waals surface area (Å²) in [5.74, 6) is -0.838. The maximum atomic E-state index is 12.0. The highest BCUT2D eigenvalue weighted by Gasteiger charge is 2.15. The SMILES string of the molecule is CN(CC(N)=O)C(=O)c1cc2cc(N)ccc2[nH]1. The molecule has 0 radical (unpaired) electrons. The van der Waals surface area contributed by atoms with Gasteiger partial charge in [-0.25, -0.2) is 0 Å². The van der Waals surface area contributed by atoms with Crippen LogP contribution in [0.25, 0.3) is 10.9 Å². The molecule has 1 heterocycles. The lowest BCUT2D eigenvalue weighted by Crippen LogP contribution is -2.35. The normalized spacial score (nSPS) is 10.5. The molecular weight excluding hydrogens is 232 g/mol. The largest absolute Gasteiger partial charge is 0.399 e. The van der Waals surface area contributed by atoms with E-state index in [0.29, 0.717) is 11.4 Å².